The van der Waals surface area contributed by atoms with Gasteiger partial charge in [0.05, 0.1) is 28.6 Å². The summed E-state index contributed by atoms with van der Waals surface area (Å²) in [4.78, 5) is 20.7. The number of rotatable bonds is 6. The Bertz CT molecular complexity index is 1250. The number of carboxylic acid groups (broad SMARTS) is 1. The van der Waals surface area contributed by atoms with E-state index in [-0.39, 0.29) is 12.2 Å². The standard InChI is InChI=1S/C22H18N4O3S/c1-13-18-20(30-19(13)17-4-2-3-15(9-17)11-27)21(24-12-23-18)26-25-10-14-5-7-16(8-6-14)22(28)29/h2-10,12,27H,11H2,1H3,(H,28,29)(H,23,24,26). The van der Waals surface area contributed by atoms with Crippen LogP contribution in [-0.4, -0.2) is 32.4 Å². The summed E-state index contributed by atoms with van der Waals surface area (Å²) >= 11 is 1.57. The molecule has 0 aliphatic carbocycles. The highest BCUT2D eigenvalue weighted by Gasteiger charge is 2.15. The summed E-state index contributed by atoms with van der Waals surface area (Å²) in [5, 5.41) is 22.6. The fourth-order valence-corrected chi connectivity index (χ4v) is 4.27. The van der Waals surface area contributed by atoms with E-state index in [9.17, 15) is 9.90 Å². The molecular weight excluding hydrogens is 400 g/mol. The molecule has 0 amide bonds. The van der Waals surface area contributed by atoms with Gasteiger partial charge in [-0.15, -0.1) is 11.3 Å². The zero-order chi connectivity index (χ0) is 21.1. The van der Waals surface area contributed by atoms with Gasteiger partial charge in [-0.05, 0) is 47.4 Å². The number of carbonyl (C=O) groups is 1. The highest BCUT2D eigenvalue weighted by molar-refractivity contribution is 7.23. The molecule has 0 fully saturated rings. The average molecular weight is 418 g/mol. The number of hydrogen-bond donors (Lipinski definition) is 3. The fourth-order valence-electron chi connectivity index (χ4n) is 3.07. The van der Waals surface area contributed by atoms with Gasteiger partial charge < -0.3 is 10.2 Å². The molecule has 2 aromatic heterocycles. The summed E-state index contributed by atoms with van der Waals surface area (Å²) in [7, 11) is 0. The van der Waals surface area contributed by atoms with Crippen LogP contribution in [0.25, 0.3) is 20.7 Å². The van der Waals surface area contributed by atoms with E-state index in [1.54, 1.807) is 29.7 Å². The summed E-state index contributed by atoms with van der Waals surface area (Å²) in [5.41, 5.74) is 7.72. The lowest BCUT2D eigenvalue weighted by Gasteiger charge is -2.02. The molecule has 0 aliphatic rings. The van der Waals surface area contributed by atoms with Crippen LogP contribution >= 0.6 is 11.3 Å². The van der Waals surface area contributed by atoms with E-state index in [1.165, 1.54) is 18.5 Å². The van der Waals surface area contributed by atoms with Crippen LogP contribution in [0.2, 0.25) is 0 Å². The molecule has 0 saturated carbocycles. The van der Waals surface area contributed by atoms with Gasteiger partial charge in [-0.25, -0.2) is 14.8 Å². The number of nitrogens with zero attached hydrogens (tertiary/aromatic N) is 3. The molecule has 0 saturated heterocycles. The van der Waals surface area contributed by atoms with Crippen molar-refractivity contribution in [3.63, 3.8) is 0 Å². The van der Waals surface area contributed by atoms with Crippen molar-refractivity contribution in [2.75, 3.05) is 5.43 Å². The molecule has 0 unspecified atom stereocenters. The van der Waals surface area contributed by atoms with Gasteiger partial charge in [0.15, 0.2) is 5.82 Å². The van der Waals surface area contributed by atoms with E-state index in [4.69, 9.17) is 5.11 Å². The number of aliphatic hydroxyl groups is 1. The third-order valence-corrected chi connectivity index (χ3v) is 5.95. The number of thiophene rings is 1. The Morgan fingerprint density at radius 1 is 1.20 bits per heavy atom. The molecule has 0 atom stereocenters. The minimum atomic E-state index is -0.964. The summed E-state index contributed by atoms with van der Waals surface area (Å²) in [6.07, 6.45) is 3.10. The second kappa shape index (κ2) is 8.40. The molecule has 7 nitrogen and oxygen atoms in total. The lowest BCUT2D eigenvalue weighted by atomic mass is 10.1. The number of aromatic nitrogens is 2. The van der Waals surface area contributed by atoms with Crippen molar-refractivity contribution < 1.29 is 15.0 Å². The summed E-state index contributed by atoms with van der Waals surface area (Å²) in [6.45, 7) is 2.01. The van der Waals surface area contributed by atoms with E-state index in [1.807, 2.05) is 31.2 Å². The van der Waals surface area contributed by atoms with Crippen LogP contribution in [0.3, 0.4) is 0 Å². The van der Waals surface area contributed by atoms with Crippen molar-refractivity contribution >= 4 is 39.6 Å². The molecule has 0 bridgehead atoms. The van der Waals surface area contributed by atoms with Crippen LogP contribution in [0.5, 0.6) is 0 Å². The van der Waals surface area contributed by atoms with Crippen molar-refractivity contribution in [1.82, 2.24) is 9.97 Å². The Hall–Kier alpha value is -3.62. The molecule has 0 spiro atoms. The number of aryl methyl sites for hydroxylation is 1. The molecule has 4 aromatic rings. The number of aromatic carboxylic acids is 1. The van der Waals surface area contributed by atoms with E-state index >= 15 is 0 Å². The predicted octanol–water partition coefficient (Wildman–Crippen LogP) is 4.30. The Kier molecular flexibility index (Phi) is 5.51. The average Bonchev–Trinajstić information content (AvgIpc) is 3.11. The maximum atomic E-state index is 10.9. The number of hydrogen-bond acceptors (Lipinski definition) is 7. The molecule has 8 heteroatoms. The third-order valence-electron chi connectivity index (χ3n) is 4.62. The maximum absolute atomic E-state index is 10.9. The number of fused-ring (bicyclic) bond motifs is 1. The molecule has 2 heterocycles. The van der Waals surface area contributed by atoms with E-state index in [2.05, 4.69) is 20.5 Å². The van der Waals surface area contributed by atoms with Gasteiger partial charge in [0, 0.05) is 4.88 Å². The van der Waals surface area contributed by atoms with Crippen LogP contribution in [0.1, 0.15) is 27.0 Å². The highest BCUT2D eigenvalue weighted by Crippen LogP contribution is 2.39. The molecule has 30 heavy (non-hydrogen) atoms. The van der Waals surface area contributed by atoms with Gasteiger partial charge in [0.1, 0.15) is 6.33 Å². The van der Waals surface area contributed by atoms with Gasteiger partial charge in [-0.1, -0.05) is 30.3 Å². The second-order valence-corrected chi connectivity index (χ2v) is 7.63. The molecule has 150 valence electrons. The van der Waals surface area contributed by atoms with Gasteiger partial charge in [0.25, 0.3) is 0 Å². The summed E-state index contributed by atoms with van der Waals surface area (Å²) in [5.74, 6) is -0.371. The quantitative estimate of drug-likeness (QED) is 0.318. The number of anilines is 1. The monoisotopic (exact) mass is 418 g/mol. The van der Waals surface area contributed by atoms with E-state index in [0.717, 1.165) is 37.3 Å². The Balaban J connectivity index is 1.62. The second-order valence-electron chi connectivity index (χ2n) is 6.61. The number of hydrazone groups is 1. The Labute approximate surface area is 176 Å². The van der Waals surface area contributed by atoms with Crippen molar-refractivity contribution in [2.24, 2.45) is 5.10 Å². The number of nitrogens with one attached hydrogen (secondary N) is 1. The zero-order valence-corrected chi connectivity index (χ0v) is 16.8. The lowest BCUT2D eigenvalue weighted by molar-refractivity contribution is 0.0697. The van der Waals surface area contributed by atoms with Crippen molar-refractivity contribution in [2.45, 2.75) is 13.5 Å². The predicted molar refractivity (Wildman–Crippen MR) is 118 cm³/mol. The van der Waals surface area contributed by atoms with Crippen LogP contribution in [0.4, 0.5) is 5.82 Å². The van der Waals surface area contributed by atoms with Gasteiger partial charge in [0.2, 0.25) is 0 Å². The van der Waals surface area contributed by atoms with E-state index in [0.29, 0.717) is 5.82 Å². The van der Waals surface area contributed by atoms with E-state index < -0.39 is 5.97 Å². The minimum Gasteiger partial charge on any atom is -0.478 e. The van der Waals surface area contributed by atoms with Gasteiger partial charge in [-0.3, -0.25) is 5.43 Å². The first-order valence-corrected chi connectivity index (χ1v) is 9.95. The summed E-state index contributed by atoms with van der Waals surface area (Å²) < 4.78 is 0.887. The number of aliphatic hydroxyl groups excluding tert-OH is 1. The SMILES string of the molecule is Cc1c(-c2cccc(CO)c2)sc2c(NN=Cc3ccc(C(=O)O)cc3)ncnc12. The number of carboxylic acids is 1. The molecule has 0 radical (unpaired) electrons. The third kappa shape index (κ3) is 3.91. The van der Waals surface area contributed by atoms with Crippen LogP contribution < -0.4 is 5.43 Å². The first-order valence-electron chi connectivity index (χ1n) is 9.13. The molecular formula is C22H18N4O3S. The number of benzene rings is 2. The molecule has 3 N–H and O–H groups in total. The van der Waals surface area contributed by atoms with Crippen molar-refractivity contribution in [3.8, 4) is 10.4 Å². The van der Waals surface area contributed by atoms with Crippen LogP contribution in [0, 0.1) is 6.92 Å². The first-order chi connectivity index (χ1) is 14.6. The smallest absolute Gasteiger partial charge is 0.335 e. The van der Waals surface area contributed by atoms with Gasteiger partial charge in [-0.2, -0.15) is 5.10 Å². The Morgan fingerprint density at radius 3 is 2.73 bits per heavy atom. The normalized spacial score (nSPS) is 11.3. The molecule has 0 aliphatic heterocycles. The summed E-state index contributed by atoms with van der Waals surface area (Å²) in [6, 6.07) is 14.2. The fraction of sp³-hybridized carbons (Fsp3) is 0.0909. The Morgan fingerprint density at radius 2 is 2.00 bits per heavy atom. The lowest BCUT2D eigenvalue weighted by Crippen LogP contribution is -1.97. The maximum Gasteiger partial charge on any atom is 0.335 e. The van der Waals surface area contributed by atoms with Gasteiger partial charge >= 0.3 is 5.97 Å². The minimum absolute atomic E-state index is 0.00739. The van der Waals surface area contributed by atoms with Crippen LogP contribution in [-0.2, 0) is 6.61 Å². The topological polar surface area (TPSA) is 108 Å². The zero-order valence-electron chi connectivity index (χ0n) is 16.0. The van der Waals surface area contributed by atoms with Crippen molar-refractivity contribution in [3.05, 3.63) is 77.1 Å². The first kappa shape index (κ1) is 19.7. The molecule has 4 rings (SSSR count). The highest BCUT2D eigenvalue weighted by atomic mass is 32.1. The van der Waals surface area contributed by atoms with Crippen LogP contribution in [0.15, 0.2) is 60.0 Å². The largest absolute Gasteiger partial charge is 0.478 e. The van der Waals surface area contributed by atoms with Crippen molar-refractivity contribution in [1.29, 1.82) is 0 Å². The molecule has 2 aromatic carbocycles.